The van der Waals surface area contributed by atoms with E-state index in [1.54, 1.807) is 11.8 Å². The van der Waals surface area contributed by atoms with Crippen LogP contribution in [0.5, 0.6) is 0 Å². The molecule has 0 aliphatic carbocycles. The van der Waals surface area contributed by atoms with E-state index in [0.29, 0.717) is 5.11 Å². The Labute approximate surface area is 178 Å². The molecule has 3 rings (SSSR count). The van der Waals surface area contributed by atoms with Crippen molar-refractivity contribution in [3.8, 4) is 0 Å². The summed E-state index contributed by atoms with van der Waals surface area (Å²) in [6.07, 6.45) is 1.08. The summed E-state index contributed by atoms with van der Waals surface area (Å²) in [5.41, 5.74) is 3.67. The highest BCUT2D eigenvalue weighted by molar-refractivity contribution is 7.99. The third-order valence-electron chi connectivity index (χ3n) is 4.87. The number of hydrogen-bond acceptors (Lipinski definition) is 4. The van der Waals surface area contributed by atoms with E-state index in [-0.39, 0.29) is 0 Å². The first kappa shape index (κ1) is 21.1. The van der Waals surface area contributed by atoms with Gasteiger partial charge in [-0.1, -0.05) is 17.8 Å². The maximum atomic E-state index is 5.41. The van der Waals surface area contributed by atoms with Crippen molar-refractivity contribution in [2.24, 2.45) is 0 Å². The number of benzene rings is 2. The van der Waals surface area contributed by atoms with Gasteiger partial charge in [0.2, 0.25) is 0 Å². The zero-order valence-corrected chi connectivity index (χ0v) is 18.3. The topological polar surface area (TPSA) is 36.5 Å². The van der Waals surface area contributed by atoms with E-state index in [9.17, 15) is 0 Å². The second-order valence-corrected chi connectivity index (χ2v) is 8.62. The summed E-state index contributed by atoms with van der Waals surface area (Å²) in [5.74, 6) is 0. The van der Waals surface area contributed by atoms with E-state index < -0.39 is 0 Å². The molecule has 0 atom stereocenters. The number of nitrogens with one attached hydrogen (secondary N) is 2. The molecule has 0 unspecified atom stereocenters. The lowest BCUT2D eigenvalue weighted by molar-refractivity contribution is 0.0376. The lowest BCUT2D eigenvalue weighted by Crippen LogP contribution is -2.38. The normalized spacial score (nSPS) is 14.6. The molecular weight excluding hydrogens is 386 g/mol. The van der Waals surface area contributed by atoms with E-state index in [0.717, 1.165) is 51.5 Å². The first-order valence-corrected chi connectivity index (χ1v) is 11.0. The molecule has 28 heavy (non-hydrogen) atoms. The van der Waals surface area contributed by atoms with Crippen molar-refractivity contribution >= 4 is 34.8 Å². The Balaban J connectivity index is 1.39. The smallest absolute Gasteiger partial charge is 0.170 e. The molecule has 1 fully saturated rings. The molecule has 1 saturated heterocycles. The maximum Gasteiger partial charge on any atom is 0.170 e. The molecule has 2 N–H and O–H groups in total. The largest absolute Gasteiger partial charge is 0.379 e. The third kappa shape index (κ3) is 6.78. The van der Waals surface area contributed by atoms with Crippen molar-refractivity contribution in [3.05, 3.63) is 53.6 Å². The van der Waals surface area contributed by atoms with Gasteiger partial charge in [0, 0.05) is 35.1 Å². The summed E-state index contributed by atoms with van der Waals surface area (Å²) < 4.78 is 5.37. The Morgan fingerprint density at radius 2 is 1.75 bits per heavy atom. The van der Waals surface area contributed by atoms with Crippen LogP contribution in [0.15, 0.2) is 52.3 Å². The number of thiocarbonyl (C=S) groups is 1. The minimum atomic E-state index is 0.677. The summed E-state index contributed by atoms with van der Waals surface area (Å²) in [4.78, 5) is 4.92. The molecule has 1 heterocycles. The Kier molecular flexibility index (Phi) is 8.15. The van der Waals surface area contributed by atoms with Crippen LogP contribution in [0.2, 0.25) is 0 Å². The summed E-state index contributed by atoms with van der Waals surface area (Å²) in [7, 11) is 0. The molecule has 150 valence electrons. The standard InChI is InChI=1S/C22H29N3OS2/c1-17-4-7-21(16-18(17)2)28-20-8-5-19(6-9-20)24-22(27)23-10-3-11-25-12-14-26-15-13-25/h4-9,16H,3,10-15H2,1-2H3,(H2,23,24,27). The van der Waals surface area contributed by atoms with Crippen LogP contribution in [0.3, 0.4) is 0 Å². The predicted molar refractivity (Wildman–Crippen MR) is 123 cm³/mol. The number of ether oxygens (including phenoxy) is 1. The first-order chi connectivity index (χ1) is 13.6. The van der Waals surface area contributed by atoms with Gasteiger partial charge in [0.25, 0.3) is 0 Å². The van der Waals surface area contributed by atoms with Crippen molar-refractivity contribution in [1.29, 1.82) is 0 Å². The number of aryl methyl sites for hydroxylation is 2. The number of anilines is 1. The molecule has 2 aromatic rings. The summed E-state index contributed by atoms with van der Waals surface area (Å²) >= 11 is 7.19. The third-order valence-corrected chi connectivity index (χ3v) is 6.11. The maximum absolute atomic E-state index is 5.41. The predicted octanol–water partition coefficient (Wildman–Crippen LogP) is 4.46. The van der Waals surface area contributed by atoms with Crippen LogP contribution in [0, 0.1) is 13.8 Å². The molecule has 6 heteroatoms. The van der Waals surface area contributed by atoms with Crippen LogP contribution in [0.4, 0.5) is 5.69 Å². The highest BCUT2D eigenvalue weighted by Gasteiger charge is 2.09. The van der Waals surface area contributed by atoms with Crippen molar-refractivity contribution in [1.82, 2.24) is 10.2 Å². The molecule has 0 radical (unpaired) electrons. The van der Waals surface area contributed by atoms with Crippen molar-refractivity contribution in [2.45, 2.75) is 30.1 Å². The van der Waals surface area contributed by atoms with Crippen LogP contribution < -0.4 is 10.6 Å². The highest BCUT2D eigenvalue weighted by atomic mass is 32.2. The molecule has 4 nitrogen and oxygen atoms in total. The molecule has 0 aromatic heterocycles. The molecule has 0 bridgehead atoms. The Morgan fingerprint density at radius 1 is 1.04 bits per heavy atom. The van der Waals surface area contributed by atoms with Crippen LogP contribution >= 0.6 is 24.0 Å². The molecule has 1 aliphatic rings. The summed E-state index contributed by atoms with van der Waals surface area (Å²) in [6.45, 7) is 10.0. The SMILES string of the molecule is Cc1ccc(Sc2ccc(NC(=S)NCCCN3CCOCC3)cc2)cc1C. The first-order valence-electron chi connectivity index (χ1n) is 9.80. The zero-order chi connectivity index (χ0) is 19.8. The zero-order valence-electron chi connectivity index (χ0n) is 16.7. The number of hydrogen-bond donors (Lipinski definition) is 2. The summed E-state index contributed by atoms with van der Waals surface area (Å²) in [5, 5.41) is 7.24. The molecule has 1 aliphatic heterocycles. The average molecular weight is 416 g/mol. The quantitative estimate of drug-likeness (QED) is 0.514. The van der Waals surface area contributed by atoms with Gasteiger partial charge in [-0.15, -0.1) is 0 Å². The van der Waals surface area contributed by atoms with Gasteiger partial charge >= 0.3 is 0 Å². The van der Waals surface area contributed by atoms with Crippen molar-refractivity contribution < 1.29 is 4.74 Å². The fraction of sp³-hybridized carbons (Fsp3) is 0.409. The van der Waals surface area contributed by atoms with Gasteiger partial charge in [-0.25, -0.2) is 0 Å². The molecule has 0 amide bonds. The van der Waals surface area contributed by atoms with Gasteiger partial charge in [-0.05, 0) is 86.6 Å². The molecule has 0 spiro atoms. The van der Waals surface area contributed by atoms with Crippen LogP contribution in [0.25, 0.3) is 0 Å². The fourth-order valence-electron chi connectivity index (χ4n) is 3.02. The van der Waals surface area contributed by atoms with Crippen LogP contribution in [0.1, 0.15) is 17.5 Å². The number of rotatable bonds is 7. The number of nitrogens with zero attached hydrogens (tertiary/aromatic N) is 1. The Bertz CT molecular complexity index is 774. The van der Waals surface area contributed by atoms with E-state index >= 15 is 0 Å². The van der Waals surface area contributed by atoms with Gasteiger partial charge in [-0.3, -0.25) is 4.90 Å². The van der Waals surface area contributed by atoms with Gasteiger partial charge in [0.1, 0.15) is 0 Å². The Morgan fingerprint density at radius 3 is 2.46 bits per heavy atom. The van der Waals surface area contributed by atoms with Crippen molar-refractivity contribution in [2.75, 3.05) is 44.7 Å². The van der Waals surface area contributed by atoms with E-state index in [1.807, 2.05) is 0 Å². The minimum absolute atomic E-state index is 0.677. The van der Waals surface area contributed by atoms with Gasteiger partial charge in [0.15, 0.2) is 5.11 Å². The minimum Gasteiger partial charge on any atom is -0.379 e. The van der Waals surface area contributed by atoms with E-state index in [4.69, 9.17) is 17.0 Å². The van der Waals surface area contributed by atoms with Crippen LogP contribution in [-0.2, 0) is 4.74 Å². The van der Waals surface area contributed by atoms with Crippen LogP contribution in [-0.4, -0.2) is 49.4 Å². The molecular formula is C22H29N3OS2. The van der Waals surface area contributed by atoms with Gasteiger partial charge in [-0.2, -0.15) is 0 Å². The second-order valence-electron chi connectivity index (χ2n) is 7.06. The Hall–Kier alpha value is -1.60. The monoisotopic (exact) mass is 415 g/mol. The summed E-state index contributed by atoms with van der Waals surface area (Å²) in [6, 6.07) is 15.0. The fourth-order valence-corrected chi connectivity index (χ4v) is 4.16. The number of morpholine rings is 1. The second kappa shape index (κ2) is 10.8. The van der Waals surface area contributed by atoms with Gasteiger partial charge in [0.05, 0.1) is 13.2 Å². The van der Waals surface area contributed by atoms with Crippen molar-refractivity contribution in [3.63, 3.8) is 0 Å². The lowest BCUT2D eigenvalue weighted by atomic mass is 10.1. The van der Waals surface area contributed by atoms with Gasteiger partial charge < -0.3 is 15.4 Å². The lowest BCUT2D eigenvalue weighted by Gasteiger charge is -2.26. The van der Waals surface area contributed by atoms with E-state index in [1.165, 1.54) is 20.9 Å². The average Bonchev–Trinajstić information content (AvgIpc) is 2.70. The molecule has 2 aromatic carbocycles. The molecule has 0 saturated carbocycles. The highest BCUT2D eigenvalue weighted by Crippen LogP contribution is 2.29. The van der Waals surface area contributed by atoms with E-state index in [2.05, 4.69) is 71.8 Å².